The first-order valence-corrected chi connectivity index (χ1v) is 15.0. The molecular formula is C32H24BrCl3O8. The lowest BCUT2D eigenvalue weighted by Gasteiger charge is -2.15. The second-order valence-electron chi connectivity index (χ2n) is 10.0. The van der Waals surface area contributed by atoms with Gasteiger partial charge in [-0.05, 0) is 82.4 Å². The molecule has 4 aromatic carbocycles. The minimum atomic E-state index is -0.364. The summed E-state index contributed by atoms with van der Waals surface area (Å²) in [6.07, 6.45) is 3.86. The Labute approximate surface area is 275 Å². The molecule has 4 aromatic rings. The fraction of sp³-hybridized carbons (Fsp3) is 0.125. The summed E-state index contributed by atoms with van der Waals surface area (Å²) in [6.45, 7) is 0. The van der Waals surface area contributed by atoms with E-state index in [-0.39, 0.29) is 88.2 Å². The Kier molecular flexibility index (Phi) is 9.31. The van der Waals surface area contributed by atoms with Gasteiger partial charge >= 0.3 is 0 Å². The number of hydrogen-bond acceptors (Lipinski definition) is 8. The molecular weight excluding hydrogens is 699 g/mol. The summed E-state index contributed by atoms with van der Waals surface area (Å²) < 4.78 is 12.0. The molecule has 8 rings (SSSR count). The largest absolute Gasteiger partial charge is 0.508 e. The van der Waals surface area contributed by atoms with Crippen molar-refractivity contribution in [3.63, 3.8) is 0 Å². The molecule has 4 aliphatic heterocycles. The molecule has 8 nitrogen and oxygen atoms in total. The predicted octanol–water partition coefficient (Wildman–Crippen LogP) is 9.05. The quantitative estimate of drug-likeness (QED) is 0.106. The van der Waals surface area contributed by atoms with Crippen LogP contribution < -0.4 is 9.47 Å². The van der Waals surface area contributed by atoms with Crippen LogP contribution in [0.2, 0.25) is 5.02 Å². The van der Waals surface area contributed by atoms with E-state index in [1.165, 1.54) is 48.5 Å². The number of halogens is 4. The van der Waals surface area contributed by atoms with Gasteiger partial charge in [-0.3, -0.25) is 0 Å². The van der Waals surface area contributed by atoms with Crippen LogP contribution >= 0.6 is 50.7 Å². The van der Waals surface area contributed by atoms with Crippen LogP contribution in [-0.4, -0.2) is 30.6 Å². The van der Waals surface area contributed by atoms with Crippen molar-refractivity contribution in [3.8, 4) is 57.5 Å². The van der Waals surface area contributed by atoms with Gasteiger partial charge in [-0.2, -0.15) is 0 Å². The third-order valence-electron chi connectivity index (χ3n) is 6.74. The zero-order valence-electron chi connectivity index (χ0n) is 22.6. The molecule has 0 amide bonds. The Bertz CT molecular complexity index is 1660. The van der Waals surface area contributed by atoms with Gasteiger partial charge in [-0.15, -0.1) is 0 Å². The van der Waals surface area contributed by atoms with E-state index in [1.807, 2.05) is 0 Å². The van der Waals surface area contributed by atoms with Crippen molar-refractivity contribution >= 4 is 50.7 Å². The molecule has 0 saturated heterocycles. The van der Waals surface area contributed by atoms with Crippen LogP contribution in [0.15, 0.2) is 75.2 Å². The van der Waals surface area contributed by atoms with Gasteiger partial charge in [0.2, 0.25) is 11.5 Å². The van der Waals surface area contributed by atoms with Crippen molar-refractivity contribution in [2.75, 3.05) is 0 Å². The van der Waals surface area contributed by atoms with Crippen LogP contribution in [0.25, 0.3) is 0 Å². The number of hydrogen-bond donors (Lipinski definition) is 6. The summed E-state index contributed by atoms with van der Waals surface area (Å²) in [5, 5.41) is 64.5. The lowest BCUT2D eigenvalue weighted by molar-refractivity contribution is 0.373. The molecule has 0 saturated carbocycles. The smallest absolute Gasteiger partial charge is 0.210 e. The first kappa shape index (κ1) is 31.5. The Balaban J connectivity index is 1.58. The van der Waals surface area contributed by atoms with E-state index in [4.69, 9.17) is 44.3 Å². The van der Waals surface area contributed by atoms with E-state index in [1.54, 1.807) is 12.2 Å². The molecule has 6 N–H and O–H groups in total. The Morgan fingerprint density at radius 2 is 0.932 bits per heavy atom. The zero-order valence-corrected chi connectivity index (χ0v) is 26.5. The normalized spacial score (nSPS) is 16.2. The highest BCUT2D eigenvalue weighted by atomic mass is 79.9. The van der Waals surface area contributed by atoms with Gasteiger partial charge < -0.3 is 40.1 Å². The third-order valence-corrected chi connectivity index (χ3v) is 8.23. The molecule has 0 aromatic heterocycles. The van der Waals surface area contributed by atoms with Gasteiger partial charge in [0.15, 0.2) is 23.0 Å². The summed E-state index contributed by atoms with van der Waals surface area (Å²) in [6, 6.07) is 11.2. The highest BCUT2D eigenvalue weighted by Crippen LogP contribution is 2.45. The highest BCUT2D eigenvalue weighted by Gasteiger charge is 2.19. The average molecular weight is 723 g/mol. The number of phenolic OH excluding ortho intramolecular Hbond substituents is 6. The summed E-state index contributed by atoms with van der Waals surface area (Å²) in [5.74, 6) is -1.75. The summed E-state index contributed by atoms with van der Waals surface area (Å²) >= 11 is 22.6. The van der Waals surface area contributed by atoms with E-state index in [0.29, 0.717) is 36.8 Å². The number of benzene rings is 4. The minimum absolute atomic E-state index is 0.0317. The topological polar surface area (TPSA) is 140 Å². The van der Waals surface area contributed by atoms with E-state index < -0.39 is 0 Å². The van der Waals surface area contributed by atoms with Gasteiger partial charge in [0.05, 0.1) is 9.50 Å². The fourth-order valence-electron chi connectivity index (χ4n) is 4.57. The molecule has 8 bridgehead atoms. The SMILES string of the molecule is Oc1cc(Cl)c2cc1C/C=C(/Cl)Cc1cc(O)c(c(O)c1)Oc1cc(c(O)cc1Br)C/C=C(/Cl)Cc1cc(O)c(c(O)c1)O2. The highest BCUT2D eigenvalue weighted by molar-refractivity contribution is 9.10. The molecule has 0 spiro atoms. The van der Waals surface area contributed by atoms with Crippen molar-refractivity contribution in [3.05, 3.63) is 102 Å². The molecule has 12 heteroatoms. The molecule has 0 radical (unpaired) electrons. The van der Waals surface area contributed by atoms with Gasteiger partial charge in [0.1, 0.15) is 23.0 Å². The van der Waals surface area contributed by atoms with E-state index in [9.17, 15) is 30.6 Å². The molecule has 4 heterocycles. The number of allylic oxidation sites excluding steroid dienone is 4. The predicted molar refractivity (Wildman–Crippen MR) is 171 cm³/mol. The van der Waals surface area contributed by atoms with E-state index in [0.717, 1.165) is 0 Å². The molecule has 0 aliphatic carbocycles. The van der Waals surface area contributed by atoms with E-state index >= 15 is 0 Å². The third kappa shape index (κ3) is 7.08. The minimum Gasteiger partial charge on any atom is -0.508 e. The van der Waals surface area contributed by atoms with Gasteiger partial charge in [0, 0.05) is 40.1 Å². The molecule has 228 valence electrons. The van der Waals surface area contributed by atoms with Gasteiger partial charge in [-0.25, -0.2) is 0 Å². The molecule has 0 atom stereocenters. The average Bonchev–Trinajstić information content (AvgIpc) is 2.93. The summed E-state index contributed by atoms with van der Waals surface area (Å²) in [7, 11) is 0. The van der Waals surface area contributed by atoms with Crippen molar-refractivity contribution < 1.29 is 40.1 Å². The Morgan fingerprint density at radius 3 is 1.41 bits per heavy atom. The molecule has 0 unspecified atom stereocenters. The van der Waals surface area contributed by atoms with Crippen LogP contribution in [0, 0.1) is 0 Å². The standard InChI is InChI=1S/C32H24BrCl3O8/c33-21-13-23(37)17-1-3-19(34)6-16-9-27(41)32(28(42)10-16)44-30-12-18(24(38)14-22(30)36)2-4-20(35)5-15-7-25(39)31(26(40)8-15)43-29(21)11-17/h3-4,7-14,37-42H,1-2,5-6H2/b19-3+,20-4+. The number of phenols is 6. The van der Waals surface area contributed by atoms with Crippen LogP contribution in [0.5, 0.6) is 57.5 Å². The maximum Gasteiger partial charge on any atom is 0.210 e. The molecule has 4 aliphatic rings. The molecule has 44 heavy (non-hydrogen) atoms. The Hall–Kier alpha value is -3.89. The van der Waals surface area contributed by atoms with Gasteiger partial charge in [-0.1, -0.05) is 47.0 Å². The van der Waals surface area contributed by atoms with Crippen molar-refractivity contribution in [1.29, 1.82) is 0 Å². The number of ether oxygens (including phenoxy) is 2. The Morgan fingerprint density at radius 1 is 0.523 bits per heavy atom. The van der Waals surface area contributed by atoms with Crippen molar-refractivity contribution in [2.45, 2.75) is 25.7 Å². The second kappa shape index (κ2) is 13.0. The second-order valence-corrected chi connectivity index (χ2v) is 12.2. The first-order chi connectivity index (χ1) is 20.9. The lowest BCUT2D eigenvalue weighted by Crippen LogP contribution is -1.95. The summed E-state index contributed by atoms with van der Waals surface area (Å²) in [5.41, 5.74) is 1.77. The van der Waals surface area contributed by atoms with Crippen molar-refractivity contribution in [2.24, 2.45) is 0 Å². The van der Waals surface area contributed by atoms with Crippen LogP contribution in [0.1, 0.15) is 22.3 Å². The maximum absolute atomic E-state index is 10.7. The van der Waals surface area contributed by atoms with Crippen LogP contribution in [0.4, 0.5) is 0 Å². The fourth-order valence-corrected chi connectivity index (χ4v) is 5.64. The van der Waals surface area contributed by atoms with Crippen LogP contribution in [0.3, 0.4) is 0 Å². The van der Waals surface area contributed by atoms with E-state index in [2.05, 4.69) is 15.9 Å². The van der Waals surface area contributed by atoms with Gasteiger partial charge in [0.25, 0.3) is 0 Å². The zero-order chi connectivity index (χ0) is 31.7. The van der Waals surface area contributed by atoms with Crippen molar-refractivity contribution in [1.82, 2.24) is 0 Å². The number of rotatable bonds is 0. The van der Waals surface area contributed by atoms with Crippen LogP contribution in [-0.2, 0) is 25.7 Å². The number of aromatic hydroxyl groups is 6. The maximum atomic E-state index is 10.7. The first-order valence-electron chi connectivity index (χ1n) is 13.0. The lowest BCUT2D eigenvalue weighted by atomic mass is 10.1. The molecule has 0 fully saturated rings. The summed E-state index contributed by atoms with van der Waals surface area (Å²) in [4.78, 5) is 0. The monoisotopic (exact) mass is 720 g/mol.